The predicted molar refractivity (Wildman–Crippen MR) is 98.4 cm³/mol. The van der Waals surface area contributed by atoms with Gasteiger partial charge in [-0.1, -0.05) is 36.4 Å². The molecule has 4 heteroatoms. The molecule has 0 aliphatic heterocycles. The lowest BCUT2D eigenvalue weighted by molar-refractivity contribution is 0.0746. The van der Waals surface area contributed by atoms with Crippen molar-refractivity contribution in [1.82, 2.24) is 5.32 Å². The molecule has 0 aliphatic carbocycles. The zero-order valence-corrected chi connectivity index (χ0v) is 14.7. The molecule has 0 aliphatic rings. The van der Waals surface area contributed by atoms with E-state index >= 15 is 0 Å². The van der Waals surface area contributed by atoms with Crippen molar-refractivity contribution in [2.75, 3.05) is 25.1 Å². The van der Waals surface area contributed by atoms with E-state index in [4.69, 9.17) is 4.74 Å². The Labute approximate surface area is 144 Å². The fourth-order valence-corrected chi connectivity index (χ4v) is 2.39. The van der Waals surface area contributed by atoms with Gasteiger partial charge in [0.25, 0.3) is 5.91 Å². The van der Waals surface area contributed by atoms with Crippen LogP contribution in [0, 0.1) is 0 Å². The summed E-state index contributed by atoms with van der Waals surface area (Å²) in [4.78, 5) is 14.4. The smallest absolute Gasteiger partial charge is 0.251 e. The fraction of sp³-hybridized carbons (Fsp3) is 0.350. The number of hydrogen-bond donors (Lipinski definition) is 1. The number of carbonyl (C=O) groups excluding carboxylic acids is 1. The number of anilines is 1. The second-order valence-electron chi connectivity index (χ2n) is 6.07. The Morgan fingerprint density at radius 3 is 2.58 bits per heavy atom. The standard InChI is InChI=1S/C20H26N2O2/c1-16(2)24-13-12-21-20(23)18-10-7-11-19(14-18)22(3)15-17-8-5-4-6-9-17/h4-11,14,16H,12-13,15H2,1-3H3,(H,21,23). The molecule has 0 unspecified atom stereocenters. The van der Waals surface area contributed by atoms with Gasteiger partial charge in [-0.15, -0.1) is 0 Å². The third-order valence-corrected chi connectivity index (χ3v) is 3.65. The van der Waals surface area contributed by atoms with Crippen molar-refractivity contribution in [3.8, 4) is 0 Å². The first-order valence-electron chi connectivity index (χ1n) is 8.31. The van der Waals surface area contributed by atoms with Crippen LogP contribution in [0.15, 0.2) is 54.6 Å². The third-order valence-electron chi connectivity index (χ3n) is 3.65. The lowest BCUT2D eigenvalue weighted by atomic mass is 10.1. The molecule has 1 N–H and O–H groups in total. The molecule has 0 radical (unpaired) electrons. The summed E-state index contributed by atoms with van der Waals surface area (Å²) in [5.41, 5.74) is 2.92. The topological polar surface area (TPSA) is 41.6 Å². The molecule has 2 rings (SSSR count). The molecule has 1 amide bonds. The Morgan fingerprint density at radius 1 is 1.12 bits per heavy atom. The van der Waals surface area contributed by atoms with E-state index in [-0.39, 0.29) is 12.0 Å². The molecule has 0 fully saturated rings. The number of nitrogens with zero attached hydrogens (tertiary/aromatic N) is 1. The quantitative estimate of drug-likeness (QED) is 0.755. The summed E-state index contributed by atoms with van der Waals surface area (Å²) in [7, 11) is 2.03. The first-order valence-corrected chi connectivity index (χ1v) is 8.31. The van der Waals surface area contributed by atoms with E-state index in [1.165, 1.54) is 5.56 Å². The van der Waals surface area contributed by atoms with Gasteiger partial charge in [0.05, 0.1) is 12.7 Å². The van der Waals surface area contributed by atoms with Crippen LogP contribution in [0.25, 0.3) is 0 Å². The molecule has 0 atom stereocenters. The largest absolute Gasteiger partial charge is 0.377 e. The average Bonchev–Trinajstić information content (AvgIpc) is 2.59. The van der Waals surface area contributed by atoms with Gasteiger partial charge >= 0.3 is 0 Å². The SMILES string of the molecule is CC(C)OCCNC(=O)c1cccc(N(C)Cc2ccccc2)c1. The molecule has 4 nitrogen and oxygen atoms in total. The van der Waals surface area contributed by atoms with E-state index in [0.717, 1.165) is 12.2 Å². The van der Waals surface area contributed by atoms with Gasteiger partial charge < -0.3 is 15.0 Å². The number of hydrogen-bond acceptors (Lipinski definition) is 3. The van der Waals surface area contributed by atoms with Crippen molar-refractivity contribution in [2.24, 2.45) is 0 Å². The Hall–Kier alpha value is -2.33. The average molecular weight is 326 g/mol. The molecular weight excluding hydrogens is 300 g/mol. The molecule has 0 heterocycles. The molecule has 128 valence electrons. The van der Waals surface area contributed by atoms with Crippen LogP contribution in [-0.4, -0.2) is 32.2 Å². The van der Waals surface area contributed by atoms with E-state index in [1.807, 2.05) is 63.4 Å². The van der Waals surface area contributed by atoms with Gasteiger partial charge in [0.2, 0.25) is 0 Å². The molecule has 2 aromatic rings. The van der Waals surface area contributed by atoms with Gasteiger partial charge in [0.1, 0.15) is 0 Å². The van der Waals surface area contributed by atoms with Crippen LogP contribution in [0.3, 0.4) is 0 Å². The number of ether oxygens (including phenoxy) is 1. The Kier molecular flexibility index (Phi) is 6.82. The second-order valence-corrected chi connectivity index (χ2v) is 6.07. The number of carbonyl (C=O) groups is 1. The van der Waals surface area contributed by atoms with E-state index in [2.05, 4.69) is 22.3 Å². The monoisotopic (exact) mass is 326 g/mol. The Morgan fingerprint density at radius 2 is 1.88 bits per heavy atom. The minimum atomic E-state index is -0.0719. The minimum Gasteiger partial charge on any atom is -0.377 e. The predicted octanol–water partition coefficient (Wildman–Crippen LogP) is 3.48. The highest BCUT2D eigenvalue weighted by Gasteiger charge is 2.08. The van der Waals surface area contributed by atoms with Crippen LogP contribution < -0.4 is 10.2 Å². The molecule has 0 saturated carbocycles. The zero-order chi connectivity index (χ0) is 17.4. The number of rotatable bonds is 8. The van der Waals surface area contributed by atoms with Gasteiger partial charge in [0, 0.05) is 31.4 Å². The summed E-state index contributed by atoms with van der Waals surface area (Å²) in [6, 6.07) is 18.0. The van der Waals surface area contributed by atoms with Crippen LogP contribution in [0.5, 0.6) is 0 Å². The van der Waals surface area contributed by atoms with Crippen LogP contribution in [0.2, 0.25) is 0 Å². The maximum atomic E-state index is 12.2. The summed E-state index contributed by atoms with van der Waals surface area (Å²) in [5.74, 6) is -0.0719. The summed E-state index contributed by atoms with van der Waals surface area (Å²) in [6.45, 7) is 5.80. The minimum absolute atomic E-state index is 0.0719. The third kappa shape index (κ3) is 5.70. The molecule has 0 saturated heterocycles. The van der Waals surface area contributed by atoms with Crippen LogP contribution in [-0.2, 0) is 11.3 Å². The molecular formula is C20H26N2O2. The summed E-state index contributed by atoms with van der Waals surface area (Å²) >= 11 is 0. The van der Waals surface area contributed by atoms with Crippen molar-refractivity contribution < 1.29 is 9.53 Å². The first kappa shape index (κ1) is 18.0. The first-order chi connectivity index (χ1) is 11.6. The van der Waals surface area contributed by atoms with E-state index in [0.29, 0.717) is 18.7 Å². The summed E-state index contributed by atoms with van der Waals surface area (Å²) in [5, 5.41) is 2.89. The number of amides is 1. The van der Waals surface area contributed by atoms with Gasteiger partial charge in [0.15, 0.2) is 0 Å². The van der Waals surface area contributed by atoms with Crippen LogP contribution in [0.4, 0.5) is 5.69 Å². The van der Waals surface area contributed by atoms with Gasteiger partial charge in [-0.05, 0) is 37.6 Å². The molecule has 2 aromatic carbocycles. The summed E-state index contributed by atoms with van der Waals surface area (Å²) < 4.78 is 5.43. The normalized spacial score (nSPS) is 10.7. The van der Waals surface area contributed by atoms with E-state index in [1.54, 1.807) is 0 Å². The molecule has 0 aromatic heterocycles. The van der Waals surface area contributed by atoms with Gasteiger partial charge in [-0.25, -0.2) is 0 Å². The number of nitrogens with one attached hydrogen (secondary N) is 1. The molecule has 24 heavy (non-hydrogen) atoms. The lowest BCUT2D eigenvalue weighted by Crippen LogP contribution is -2.28. The molecule has 0 spiro atoms. The second kappa shape index (κ2) is 9.08. The highest BCUT2D eigenvalue weighted by molar-refractivity contribution is 5.95. The van der Waals surface area contributed by atoms with Gasteiger partial charge in [-0.3, -0.25) is 4.79 Å². The van der Waals surface area contributed by atoms with Gasteiger partial charge in [-0.2, -0.15) is 0 Å². The highest BCUT2D eigenvalue weighted by Crippen LogP contribution is 2.17. The Balaban J connectivity index is 1.93. The Bertz CT molecular complexity index is 641. The van der Waals surface area contributed by atoms with Crippen molar-refractivity contribution in [3.05, 3.63) is 65.7 Å². The lowest BCUT2D eigenvalue weighted by Gasteiger charge is -2.20. The highest BCUT2D eigenvalue weighted by atomic mass is 16.5. The van der Waals surface area contributed by atoms with Crippen molar-refractivity contribution in [1.29, 1.82) is 0 Å². The zero-order valence-electron chi connectivity index (χ0n) is 14.7. The molecule has 0 bridgehead atoms. The van der Waals surface area contributed by atoms with Crippen molar-refractivity contribution in [3.63, 3.8) is 0 Å². The van der Waals surface area contributed by atoms with Crippen molar-refractivity contribution in [2.45, 2.75) is 26.5 Å². The van der Waals surface area contributed by atoms with E-state index < -0.39 is 0 Å². The van der Waals surface area contributed by atoms with Crippen LogP contribution in [0.1, 0.15) is 29.8 Å². The maximum absolute atomic E-state index is 12.2. The number of benzene rings is 2. The summed E-state index contributed by atoms with van der Waals surface area (Å²) in [6.07, 6.45) is 0.178. The van der Waals surface area contributed by atoms with Crippen LogP contribution >= 0.6 is 0 Å². The fourth-order valence-electron chi connectivity index (χ4n) is 2.39. The maximum Gasteiger partial charge on any atom is 0.251 e. The van der Waals surface area contributed by atoms with E-state index in [9.17, 15) is 4.79 Å². The van der Waals surface area contributed by atoms with Crippen molar-refractivity contribution >= 4 is 11.6 Å².